The third-order valence-electron chi connectivity index (χ3n) is 4.19. The predicted octanol–water partition coefficient (Wildman–Crippen LogP) is 2.55. The van der Waals surface area contributed by atoms with E-state index < -0.39 is 11.7 Å². The van der Waals surface area contributed by atoms with Crippen molar-refractivity contribution in [3.05, 3.63) is 18.1 Å². The standard InChI is InChI=1S/C17H24N4O4/c1-17(2,3)25-15(22)20-6-4-5-12(11-20)13-9-19-14(10-18-13)21-7-8-24-16(21)23/h9-10,12H,4-8,11H2,1-3H3/t12-/m0/s1. The molecule has 8 heteroatoms. The first-order chi connectivity index (χ1) is 11.8. The van der Waals surface area contributed by atoms with Gasteiger partial charge in [0.1, 0.15) is 12.2 Å². The maximum atomic E-state index is 12.3. The lowest BCUT2D eigenvalue weighted by molar-refractivity contribution is 0.0197. The van der Waals surface area contributed by atoms with Crippen LogP contribution in [0.25, 0.3) is 0 Å². The Bertz CT molecular complexity index is 641. The van der Waals surface area contributed by atoms with Crippen LogP contribution in [0, 0.1) is 0 Å². The van der Waals surface area contributed by atoms with Gasteiger partial charge >= 0.3 is 12.2 Å². The number of cyclic esters (lactones) is 1. The van der Waals surface area contributed by atoms with Gasteiger partial charge in [0.15, 0.2) is 5.82 Å². The minimum Gasteiger partial charge on any atom is -0.447 e. The summed E-state index contributed by atoms with van der Waals surface area (Å²) in [5.74, 6) is 0.611. The molecule has 2 saturated heterocycles. The van der Waals surface area contributed by atoms with Crippen LogP contribution in [0.3, 0.4) is 0 Å². The second-order valence-corrected chi connectivity index (χ2v) is 7.33. The Labute approximate surface area is 147 Å². The van der Waals surface area contributed by atoms with Gasteiger partial charge in [-0.3, -0.25) is 9.88 Å². The molecular formula is C17H24N4O4. The van der Waals surface area contributed by atoms with Gasteiger partial charge in [-0.15, -0.1) is 0 Å². The Morgan fingerprint density at radius 1 is 1.28 bits per heavy atom. The Balaban J connectivity index is 1.65. The van der Waals surface area contributed by atoms with Crippen molar-refractivity contribution in [2.24, 2.45) is 0 Å². The Morgan fingerprint density at radius 2 is 2.08 bits per heavy atom. The summed E-state index contributed by atoms with van der Waals surface area (Å²) in [6, 6.07) is 0. The molecule has 2 aliphatic rings. The molecule has 0 N–H and O–H groups in total. The van der Waals surface area contributed by atoms with E-state index in [4.69, 9.17) is 9.47 Å². The molecule has 0 saturated carbocycles. The fourth-order valence-corrected chi connectivity index (χ4v) is 2.99. The van der Waals surface area contributed by atoms with E-state index in [1.807, 2.05) is 20.8 Å². The Hall–Kier alpha value is -2.38. The van der Waals surface area contributed by atoms with E-state index in [-0.39, 0.29) is 12.0 Å². The summed E-state index contributed by atoms with van der Waals surface area (Å²) in [6.45, 7) is 7.70. The Morgan fingerprint density at radius 3 is 2.68 bits per heavy atom. The molecule has 0 unspecified atom stereocenters. The highest BCUT2D eigenvalue weighted by molar-refractivity contribution is 5.87. The fraction of sp³-hybridized carbons (Fsp3) is 0.647. The molecule has 1 aromatic heterocycles. The summed E-state index contributed by atoms with van der Waals surface area (Å²) < 4.78 is 10.4. The molecule has 136 valence electrons. The lowest BCUT2D eigenvalue weighted by Gasteiger charge is -2.33. The van der Waals surface area contributed by atoms with E-state index >= 15 is 0 Å². The number of anilines is 1. The van der Waals surface area contributed by atoms with Crippen LogP contribution in [0.2, 0.25) is 0 Å². The summed E-state index contributed by atoms with van der Waals surface area (Å²) in [5.41, 5.74) is 0.320. The van der Waals surface area contributed by atoms with Crippen molar-refractivity contribution in [1.29, 1.82) is 0 Å². The van der Waals surface area contributed by atoms with Gasteiger partial charge in [-0.1, -0.05) is 0 Å². The number of ether oxygens (including phenoxy) is 2. The number of hydrogen-bond donors (Lipinski definition) is 0. The van der Waals surface area contributed by atoms with Gasteiger partial charge in [0.2, 0.25) is 0 Å². The molecule has 0 aromatic carbocycles. The number of aromatic nitrogens is 2. The van der Waals surface area contributed by atoms with Crippen LogP contribution in [0.4, 0.5) is 15.4 Å². The summed E-state index contributed by atoms with van der Waals surface area (Å²) >= 11 is 0. The van der Waals surface area contributed by atoms with E-state index in [0.717, 1.165) is 18.5 Å². The SMILES string of the molecule is CC(C)(C)OC(=O)N1CCC[C@H](c2cnc(N3CCOC3=O)cn2)C1. The highest BCUT2D eigenvalue weighted by Crippen LogP contribution is 2.27. The van der Waals surface area contributed by atoms with Gasteiger partial charge in [-0.25, -0.2) is 14.6 Å². The van der Waals surface area contributed by atoms with E-state index in [1.54, 1.807) is 17.3 Å². The molecule has 3 rings (SSSR count). The van der Waals surface area contributed by atoms with Crippen LogP contribution < -0.4 is 4.90 Å². The first kappa shape index (κ1) is 17.4. The van der Waals surface area contributed by atoms with Crippen molar-refractivity contribution in [1.82, 2.24) is 14.9 Å². The van der Waals surface area contributed by atoms with Crippen molar-refractivity contribution in [2.75, 3.05) is 31.1 Å². The minimum absolute atomic E-state index is 0.119. The van der Waals surface area contributed by atoms with Gasteiger partial charge in [-0.2, -0.15) is 0 Å². The van der Waals surface area contributed by atoms with E-state index in [9.17, 15) is 9.59 Å². The molecule has 2 amide bonds. The molecule has 0 spiro atoms. The van der Waals surface area contributed by atoms with Crippen LogP contribution >= 0.6 is 0 Å². The number of carbonyl (C=O) groups is 2. The van der Waals surface area contributed by atoms with Crippen LogP contribution in [0.5, 0.6) is 0 Å². The van der Waals surface area contributed by atoms with E-state index in [2.05, 4.69) is 9.97 Å². The molecule has 8 nitrogen and oxygen atoms in total. The molecule has 0 aliphatic carbocycles. The number of amides is 2. The zero-order valence-corrected chi connectivity index (χ0v) is 14.9. The topological polar surface area (TPSA) is 84.9 Å². The maximum absolute atomic E-state index is 12.3. The second-order valence-electron chi connectivity index (χ2n) is 7.33. The summed E-state index contributed by atoms with van der Waals surface area (Å²) in [5, 5.41) is 0. The third-order valence-corrected chi connectivity index (χ3v) is 4.19. The lowest BCUT2D eigenvalue weighted by atomic mass is 9.95. The van der Waals surface area contributed by atoms with Crippen molar-refractivity contribution >= 4 is 18.0 Å². The molecule has 2 fully saturated rings. The van der Waals surface area contributed by atoms with Gasteiger partial charge in [0, 0.05) is 19.0 Å². The van der Waals surface area contributed by atoms with Crippen LogP contribution in [-0.2, 0) is 9.47 Å². The molecule has 2 aliphatic heterocycles. The smallest absolute Gasteiger partial charge is 0.415 e. The van der Waals surface area contributed by atoms with Crippen molar-refractivity contribution < 1.29 is 19.1 Å². The van der Waals surface area contributed by atoms with E-state index in [0.29, 0.717) is 32.1 Å². The average molecular weight is 348 g/mol. The highest BCUT2D eigenvalue weighted by atomic mass is 16.6. The normalized spacial score (nSPS) is 21.2. The summed E-state index contributed by atoms with van der Waals surface area (Å²) in [6.07, 6.45) is 4.43. The minimum atomic E-state index is -0.504. The number of piperidine rings is 1. The van der Waals surface area contributed by atoms with Gasteiger partial charge in [-0.05, 0) is 33.6 Å². The number of nitrogens with zero attached hydrogens (tertiary/aromatic N) is 4. The largest absolute Gasteiger partial charge is 0.447 e. The molecule has 25 heavy (non-hydrogen) atoms. The van der Waals surface area contributed by atoms with Gasteiger partial charge in [0.05, 0.1) is 24.6 Å². The molecule has 0 radical (unpaired) electrons. The van der Waals surface area contributed by atoms with Crippen LogP contribution in [0.15, 0.2) is 12.4 Å². The van der Waals surface area contributed by atoms with Crippen molar-refractivity contribution in [2.45, 2.75) is 45.1 Å². The predicted molar refractivity (Wildman–Crippen MR) is 90.5 cm³/mol. The first-order valence-corrected chi connectivity index (χ1v) is 8.57. The zero-order valence-electron chi connectivity index (χ0n) is 14.9. The highest BCUT2D eigenvalue weighted by Gasteiger charge is 2.30. The third kappa shape index (κ3) is 4.18. The second kappa shape index (κ2) is 6.85. The number of hydrogen-bond acceptors (Lipinski definition) is 6. The van der Waals surface area contributed by atoms with Crippen LogP contribution in [-0.4, -0.2) is 58.9 Å². The average Bonchev–Trinajstić information content (AvgIpc) is 3.00. The van der Waals surface area contributed by atoms with Crippen LogP contribution in [0.1, 0.15) is 45.2 Å². The quantitative estimate of drug-likeness (QED) is 0.816. The first-order valence-electron chi connectivity index (χ1n) is 8.57. The van der Waals surface area contributed by atoms with E-state index in [1.165, 1.54) is 4.90 Å². The fourth-order valence-electron chi connectivity index (χ4n) is 2.99. The molecule has 3 heterocycles. The van der Waals surface area contributed by atoms with Crippen molar-refractivity contribution in [3.8, 4) is 0 Å². The van der Waals surface area contributed by atoms with Gasteiger partial charge < -0.3 is 14.4 Å². The summed E-state index contributed by atoms with van der Waals surface area (Å²) in [7, 11) is 0. The van der Waals surface area contributed by atoms with Gasteiger partial charge in [0.25, 0.3) is 0 Å². The molecule has 1 atom stereocenters. The number of rotatable bonds is 2. The molecular weight excluding hydrogens is 324 g/mol. The number of likely N-dealkylation sites (tertiary alicyclic amines) is 1. The molecule has 0 bridgehead atoms. The monoisotopic (exact) mass is 348 g/mol. The van der Waals surface area contributed by atoms with Crippen molar-refractivity contribution in [3.63, 3.8) is 0 Å². The number of carbonyl (C=O) groups excluding carboxylic acids is 2. The zero-order chi connectivity index (χ0) is 18.0. The molecule has 1 aromatic rings. The Kier molecular flexibility index (Phi) is 4.78. The maximum Gasteiger partial charge on any atom is 0.415 e. The summed E-state index contributed by atoms with van der Waals surface area (Å²) in [4.78, 5) is 35.8. The lowest BCUT2D eigenvalue weighted by Crippen LogP contribution is -2.42.